The minimum Gasteiger partial charge on any atom is -0.461 e. The molecular weight excluding hydrogens is 312 g/mol. The fourth-order valence-corrected chi connectivity index (χ4v) is 1.99. The van der Waals surface area contributed by atoms with E-state index in [1.165, 1.54) is 0 Å². The molecule has 0 saturated heterocycles. The number of rotatable bonds is 11. The molecule has 0 unspecified atom stereocenters. The number of hydrogen-bond acceptors (Lipinski definition) is 6. The number of carbonyl (C=O) groups is 3. The largest absolute Gasteiger partial charge is 0.461 e. The third kappa shape index (κ3) is 8.76. The van der Waals surface area contributed by atoms with Crippen molar-refractivity contribution in [3.63, 3.8) is 0 Å². The molecule has 0 aliphatic carbocycles. The molecule has 2 atom stereocenters. The van der Waals surface area contributed by atoms with Gasteiger partial charge >= 0.3 is 5.97 Å². The molecule has 0 heterocycles. The fraction of sp³-hybridized carbons (Fsp3) is 0.765. The Balaban J connectivity index is 5.05. The van der Waals surface area contributed by atoms with Gasteiger partial charge in [-0.1, -0.05) is 13.8 Å². The second-order valence-corrected chi connectivity index (χ2v) is 6.55. The van der Waals surface area contributed by atoms with Gasteiger partial charge < -0.3 is 20.2 Å². The van der Waals surface area contributed by atoms with Gasteiger partial charge in [-0.2, -0.15) is 0 Å². The molecule has 0 fully saturated rings. The minimum absolute atomic E-state index is 0.0149. The Kier molecular flexibility index (Phi) is 10.1. The Morgan fingerprint density at radius 3 is 2.04 bits per heavy atom. The first kappa shape index (κ1) is 22.2. The van der Waals surface area contributed by atoms with Crippen molar-refractivity contribution in [2.24, 2.45) is 5.92 Å². The zero-order chi connectivity index (χ0) is 18.9. The van der Waals surface area contributed by atoms with E-state index in [0.29, 0.717) is 6.21 Å². The number of amides is 1. The molecule has 0 saturated carbocycles. The van der Waals surface area contributed by atoms with Crippen molar-refractivity contribution in [1.29, 1.82) is 5.41 Å². The highest BCUT2D eigenvalue weighted by atomic mass is 16.5. The Bertz CT molecular complexity index is 446. The molecule has 0 spiro atoms. The maximum Gasteiger partial charge on any atom is 0.328 e. The lowest BCUT2D eigenvalue weighted by Crippen LogP contribution is -2.49. The van der Waals surface area contributed by atoms with E-state index < -0.39 is 29.8 Å². The highest BCUT2D eigenvalue weighted by molar-refractivity contribution is 6.26. The summed E-state index contributed by atoms with van der Waals surface area (Å²) in [5.41, 5.74) is 0. The topological polar surface area (TPSA) is 106 Å². The van der Waals surface area contributed by atoms with E-state index in [1.54, 1.807) is 13.8 Å². The molecule has 2 N–H and O–H groups in total. The van der Waals surface area contributed by atoms with Gasteiger partial charge in [-0.3, -0.25) is 9.59 Å². The summed E-state index contributed by atoms with van der Waals surface area (Å²) in [5, 5.41) is 9.54. The number of carbonyl (C=O) groups excluding carboxylic acids is 3. The smallest absolute Gasteiger partial charge is 0.328 e. The third-order valence-corrected chi connectivity index (χ3v) is 3.08. The lowest BCUT2D eigenvalue weighted by molar-refractivity contribution is -0.154. The van der Waals surface area contributed by atoms with Crippen molar-refractivity contribution in [3.8, 4) is 0 Å². The van der Waals surface area contributed by atoms with Crippen molar-refractivity contribution in [2.45, 2.75) is 78.7 Å². The maximum atomic E-state index is 12.5. The molecule has 24 heavy (non-hydrogen) atoms. The van der Waals surface area contributed by atoms with E-state index >= 15 is 0 Å². The number of Topliss-reactive ketones (excluding diaryl/α,β-unsaturated/α-hetero) is 1. The van der Waals surface area contributed by atoms with Crippen LogP contribution >= 0.6 is 0 Å². The summed E-state index contributed by atoms with van der Waals surface area (Å²) in [6, 6.07) is -0.944. The summed E-state index contributed by atoms with van der Waals surface area (Å²) in [5.74, 6) is -1.49. The van der Waals surface area contributed by atoms with Gasteiger partial charge in [0.2, 0.25) is 5.91 Å². The van der Waals surface area contributed by atoms with Crippen molar-refractivity contribution in [3.05, 3.63) is 0 Å². The van der Waals surface area contributed by atoms with Gasteiger partial charge in [0.15, 0.2) is 5.78 Å². The van der Waals surface area contributed by atoms with E-state index in [-0.39, 0.29) is 31.0 Å². The van der Waals surface area contributed by atoms with E-state index in [2.05, 4.69) is 5.32 Å². The normalized spacial score (nSPS) is 13.7. The van der Waals surface area contributed by atoms with Gasteiger partial charge in [0, 0.05) is 6.42 Å². The molecular formula is C17H30N2O5. The molecule has 0 rings (SSSR count). The number of ketones is 1. The van der Waals surface area contributed by atoms with Crippen LogP contribution < -0.4 is 5.32 Å². The van der Waals surface area contributed by atoms with Crippen LogP contribution in [0, 0.1) is 11.3 Å². The Morgan fingerprint density at radius 2 is 1.62 bits per heavy atom. The van der Waals surface area contributed by atoms with Crippen molar-refractivity contribution in [2.75, 3.05) is 0 Å². The van der Waals surface area contributed by atoms with Gasteiger partial charge in [-0.05, 0) is 40.0 Å². The second kappa shape index (κ2) is 10.9. The van der Waals surface area contributed by atoms with Crippen LogP contribution in [0.1, 0.15) is 54.4 Å². The minimum atomic E-state index is -0.944. The molecule has 1 amide bonds. The molecule has 0 aromatic heterocycles. The van der Waals surface area contributed by atoms with Crippen molar-refractivity contribution in [1.82, 2.24) is 5.32 Å². The van der Waals surface area contributed by atoms with Gasteiger partial charge in [0.1, 0.15) is 12.1 Å². The average molecular weight is 342 g/mol. The summed E-state index contributed by atoms with van der Waals surface area (Å²) >= 11 is 0. The number of esters is 1. The van der Waals surface area contributed by atoms with Crippen LogP contribution in [0.3, 0.4) is 0 Å². The van der Waals surface area contributed by atoms with Crippen LogP contribution in [-0.4, -0.2) is 48.2 Å². The van der Waals surface area contributed by atoms with E-state index in [9.17, 15) is 14.4 Å². The Hall–Kier alpha value is -1.76. The van der Waals surface area contributed by atoms with Crippen molar-refractivity contribution < 1.29 is 23.9 Å². The standard InChI is InChI=1S/C17H30N2O5/c1-10(2)15(23-11(3)4)16(21)19-14(8-7-13(20)9-18)17(22)24-12(5)6/h9-12,14-15,18H,7-8H2,1-6H3,(H,19,21)/t14-,15-/m0/s1. The Labute approximate surface area is 144 Å². The van der Waals surface area contributed by atoms with Gasteiger partial charge in [-0.25, -0.2) is 4.79 Å². The lowest BCUT2D eigenvalue weighted by atomic mass is 10.0. The van der Waals surface area contributed by atoms with Crippen LogP contribution in [0.2, 0.25) is 0 Å². The number of nitrogens with one attached hydrogen (secondary N) is 2. The van der Waals surface area contributed by atoms with Gasteiger partial charge in [0.05, 0.1) is 18.4 Å². The predicted molar refractivity (Wildman–Crippen MR) is 91.0 cm³/mol. The lowest BCUT2D eigenvalue weighted by Gasteiger charge is -2.26. The summed E-state index contributed by atoms with van der Waals surface area (Å²) in [4.78, 5) is 35.9. The van der Waals surface area contributed by atoms with E-state index in [1.807, 2.05) is 27.7 Å². The predicted octanol–water partition coefficient (Wildman–Crippen LogP) is 1.87. The summed E-state index contributed by atoms with van der Waals surface area (Å²) in [7, 11) is 0. The Morgan fingerprint density at radius 1 is 1.04 bits per heavy atom. The van der Waals surface area contributed by atoms with Gasteiger partial charge in [-0.15, -0.1) is 0 Å². The van der Waals surface area contributed by atoms with E-state index in [0.717, 1.165) is 0 Å². The highest BCUT2D eigenvalue weighted by Crippen LogP contribution is 2.11. The van der Waals surface area contributed by atoms with Crippen LogP contribution in [-0.2, 0) is 23.9 Å². The molecule has 0 aliphatic heterocycles. The molecule has 0 radical (unpaired) electrons. The summed E-state index contributed by atoms with van der Waals surface area (Å²) in [6.07, 6.45) is -0.396. The van der Waals surface area contributed by atoms with E-state index in [4.69, 9.17) is 14.9 Å². The molecule has 0 aromatic rings. The zero-order valence-corrected chi connectivity index (χ0v) is 15.4. The van der Waals surface area contributed by atoms with Crippen LogP contribution in [0.25, 0.3) is 0 Å². The maximum absolute atomic E-state index is 12.5. The first-order valence-electron chi connectivity index (χ1n) is 8.28. The SMILES string of the molecule is CC(C)OC(=O)[C@H](CCC(=O)C=N)NC(=O)[C@@H](OC(C)C)C(C)C. The molecule has 0 aromatic carbocycles. The number of hydrogen-bond donors (Lipinski definition) is 2. The zero-order valence-electron chi connectivity index (χ0n) is 15.4. The monoisotopic (exact) mass is 342 g/mol. The number of ether oxygens (including phenoxy) is 2. The average Bonchev–Trinajstić information content (AvgIpc) is 2.46. The quantitative estimate of drug-likeness (QED) is 0.440. The second-order valence-electron chi connectivity index (χ2n) is 6.55. The van der Waals surface area contributed by atoms with Gasteiger partial charge in [0.25, 0.3) is 0 Å². The highest BCUT2D eigenvalue weighted by Gasteiger charge is 2.30. The first-order valence-corrected chi connectivity index (χ1v) is 8.28. The first-order chi connectivity index (χ1) is 11.1. The molecule has 0 bridgehead atoms. The summed E-state index contributed by atoms with van der Waals surface area (Å²) in [6.45, 7) is 10.8. The summed E-state index contributed by atoms with van der Waals surface area (Å²) < 4.78 is 10.8. The molecule has 7 nitrogen and oxygen atoms in total. The molecule has 7 heteroatoms. The third-order valence-electron chi connectivity index (χ3n) is 3.08. The molecule has 138 valence electrons. The fourth-order valence-electron chi connectivity index (χ4n) is 1.99. The van der Waals surface area contributed by atoms with Crippen LogP contribution in [0.4, 0.5) is 0 Å². The molecule has 0 aliphatic rings. The van der Waals surface area contributed by atoms with Crippen molar-refractivity contribution >= 4 is 23.9 Å². The van der Waals surface area contributed by atoms with Crippen LogP contribution in [0.15, 0.2) is 0 Å². The van der Waals surface area contributed by atoms with Crippen LogP contribution in [0.5, 0.6) is 0 Å².